The van der Waals surface area contributed by atoms with E-state index in [9.17, 15) is 4.79 Å². The van der Waals surface area contributed by atoms with Gasteiger partial charge in [-0.15, -0.1) is 0 Å². The molecule has 0 fully saturated rings. The predicted molar refractivity (Wildman–Crippen MR) is 50.5 cm³/mol. The first-order valence-electron chi connectivity index (χ1n) is 3.77. The Bertz CT molecular complexity index is 260. The van der Waals surface area contributed by atoms with Crippen LogP contribution in [0.2, 0.25) is 0 Å². The van der Waals surface area contributed by atoms with Crippen LogP contribution >= 0.6 is 11.8 Å². The van der Waals surface area contributed by atoms with Gasteiger partial charge in [-0.3, -0.25) is 4.79 Å². The summed E-state index contributed by atoms with van der Waals surface area (Å²) < 4.78 is 4.86. The van der Waals surface area contributed by atoms with Crippen molar-refractivity contribution in [1.82, 2.24) is 0 Å². The molecule has 0 aromatic carbocycles. The first kappa shape index (κ1) is 10.1. The Hall–Kier alpha value is -0.940. The van der Waals surface area contributed by atoms with Gasteiger partial charge >= 0.3 is 5.97 Å². The summed E-state index contributed by atoms with van der Waals surface area (Å²) in [6.07, 6.45) is 3.23. The first-order valence-corrected chi connectivity index (χ1v) is 4.93. The Morgan fingerprint density at radius 2 is 2.54 bits per heavy atom. The number of carbonyl (C=O) groups is 1. The Morgan fingerprint density at radius 1 is 1.77 bits per heavy atom. The van der Waals surface area contributed by atoms with E-state index < -0.39 is 12.0 Å². The largest absolute Gasteiger partial charge is 0.480 e. The minimum Gasteiger partial charge on any atom is -0.480 e. The number of aliphatic carboxylic acids is 1. The third-order valence-electron chi connectivity index (χ3n) is 1.46. The monoisotopic (exact) mass is 201 g/mol. The summed E-state index contributed by atoms with van der Waals surface area (Å²) in [5.41, 5.74) is 6.36. The van der Waals surface area contributed by atoms with Crippen molar-refractivity contribution in [3.05, 3.63) is 24.2 Å². The maximum absolute atomic E-state index is 10.3. The van der Waals surface area contributed by atoms with Crippen molar-refractivity contribution in [2.24, 2.45) is 5.73 Å². The summed E-state index contributed by atoms with van der Waals surface area (Å²) in [4.78, 5) is 10.3. The zero-order valence-electron chi connectivity index (χ0n) is 6.97. The Morgan fingerprint density at radius 3 is 3.08 bits per heavy atom. The van der Waals surface area contributed by atoms with Crippen LogP contribution in [0.1, 0.15) is 5.56 Å². The zero-order valence-corrected chi connectivity index (χ0v) is 7.79. The van der Waals surface area contributed by atoms with E-state index >= 15 is 0 Å². The minimum absolute atomic E-state index is 0.417. The average molecular weight is 201 g/mol. The quantitative estimate of drug-likeness (QED) is 0.741. The van der Waals surface area contributed by atoms with E-state index in [4.69, 9.17) is 15.3 Å². The minimum atomic E-state index is -0.959. The van der Waals surface area contributed by atoms with Gasteiger partial charge in [0.1, 0.15) is 6.04 Å². The van der Waals surface area contributed by atoms with Crippen LogP contribution < -0.4 is 5.73 Å². The van der Waals surface area contributed by atoms with Crippen molar-refractivity contribution in [1.29, 1.82) is 0 Å². The molecule has 0 radical (unpaired) electrons. The molecule has 72 valence electrons. The third-order valence-corrected chi connectivity index (χ3v) is 2.60. The number of carboxylic acid groups (broad SMARTS) is 1. The fraction of sp³-hybridized carbons (Fsp3) is 0.375. The second-order valence-electron chi connectivity index (χ2n) is 2.59. The average Bonchev–Trinajstić information content (AvgIpc) is 2.56. The van der Waals surface area contributed by atoms with E-state index in [1.165, 1.54) is 11.8 Å². The van der Waals surface area contributed by atoms with E-state index in [1.54, 1.807) is 12.5 Å². The molecule has 1 aromatic heterocycles. The molecule has 0 aliphatic rings. The van der Waals surface area contributed by atoms with Crippen molar-refractivity contribution < 1.29 is 14.3 Å². The Kier molecular flexibility index (Phi) is 3.85. The number of hydrogen-bond donors (Lipinski definition) is 2. The summed E-state index contributed by atoms with van der Waals surface area (Å²) in [5.74, 6) is 0.192. The highest BCUT2D eigenvalue weighted by molar-refractivity contribution is 7.98. The van der Waals surface area contributed by atoms with Crippen molar-refractivity contribution in [3.8, 4) is 0 Å². The van der Waals surface area contributed by atoms with E-state index in [0.717, 1.165) is 11.3 Å². The smallest absolute Gasteiger partial charge is 0.321 e. The summed E-state index contributed by atoms with van der Waals surface area (Å²) in [5, 5.41) is 8.48. The van der Waals surface area contributed by atoms with Gasteiger partial charge in [-0.05, 0) is 6.07 Å². The summed E-state index contributed by atoms with van der Waals surface area (Å²) in [6.45, 7) is 0. The van der Waals surface area contributed by atoms with Crippen LogP contribution in [0.3, 0.4) is 0 Å². The molecule has 0 saturated carbocycles. The maximum atomic E-state index is 10.3. The van der Waals surface area contributed by atoms with Crippen molar-refractivity contribution in [2.75, 3.05) is 5.75 Å². The number of rotatable bonds is 5. The molecule has 0 aliphatic carbocycles. The molecular weight excluding hydrogens is 190 g/mol. The lowest BCUT2D eigenvalue weighted by Crippen LogP contribution is -2.32. The van der Waals surface area contributed by atoms with Gasteiger partial charge in [0.2, 0.25) is 0 Å². The Labute approximate surface area is 80.1 Å². The molecule has 3 N–H and O–H groups in total. The van der Waals surface area contributed by atoms with Gasteiger partial charge in [0.25, 0.3) is 0 Å². The topological polar surface area (TPSA) is 76.5 Å². The highest BCUT2D eigenvalue weighted by atomic mass is 32.2. The van der Waals surface area contributed by atoms with E-state index in [0.29, 0.717) is 5.75 Å². The van der Waals surface area contributed by atoms with E-state index in [2.05, 4.69) is 0 Å². The second-order valence-corrected chi connectivity index (χ2v) is 3.62. The standard InChI is InChI=1S/C8H11NO3S/c9-7(8(10)11)5-13-4-6-1-2-12-3-6/h1-3,7H,4-5,9H2,(H,10,11)/t7-/m1/s1. The highest BCUT2D eigenvalue weighted by Gasteiger charge is 2.10. The van der Waals surface area contributed by atoms with Gasteiger partial charge in [0, 0.05) is 17.1 Å². The molecule has 1 heterocycles. The van der Waals surface area contributed by atoms with Gasteiger partial charge in [0.05, 0.1) is 12.5 Å². The van der Waals surface area contributed by atoms with Crippen LogP contribution in [0.15, 0.2) is 23.0 Å². The van der Waals surface area contributed by atoms with Gasteiger partial charge in [-0.1, -0.05) is 0 Å². The lowest BCUT2D eigenvalue weighted by Gasteiger charge is -2.03. The van der Waals surface area contributed by atoms with Gasteiger partial charge in [-0.25, -0.2) is 0 Å². The number of thioether (sulfide) groups is 1. The summed E-state index contributed by atoms with van der Waals surface area (Å²) in [7, 11) is 0. The SMILES string of the molecule is N[C@H](CSCc1ccoc1)C(=O)O. The predicted octanol–water partition coefficient (Wildman–Crippen LogP) is 0.925. The van der Waals surface area contributed by atoms with E-state index in [-0.39, 0.29) is 0 Å². The van der Waals surface area contributed by atoms with Crippen LogP contribution in [0.25, 0.3) is 0 Å². The molecule has 13 heavy (non-hydrogen) atoms. The lowest BCUT2D eigenvalue weighted by atomic mass is 10.4. The van der Waals surface area contributed by atoms with Crippen LogP contribution in [0.5, 0.6) is 0 Å². The molecule has 1 rings (SSSR count). The fourth-order valence-corrected chi connectivity index (χ4v) is 1.66. The number of carboxylic acids is 1. The van der Waals surface area contributed by atoms with Gasteiger partial charge in [0.15, 0.2) is 0 Å². The second kappa shape index (κ2) is 4.94. The number of hydrogen-bond acceptors (Lipinski definition) is 4. The number of furan rings is 1. The molecule has 0 amide bonds. The molecule has 0 saturated heterocycles. The van der Waals surface area contributed by atoms with Crippen LogP contribution in [0, 0.1) is 0 Å². The van der Waals surface area contributed by atoms with Crippen molar-refractivity contribution in [3.63, 3.8) is 0 Å². The number of nitrogens with two attached hydrogens (primary N) is 1. The molecular formula is C8H11NO3S. The van der Waals surface area contributed by atoms with Crippen LogP contribution in [-0.2, 0) is 10.5 Å². The van der Waals surface area contributed by atoms with Crippen LogP contribution in [0.4, 0.5) is 0 Å². The maximum Gasteiger partial charge on any atom is 0.321 e. The summed E-state index contributed by atoms with van der Waals surface area (Å²) in [6, 6.07) is 1.07. The van der Waals surface area contributed by atoms with Crippen LogP contribution in [-0.4, -0.2) is 22.9 Å². The molecule has 1 aromatic rings. The Balaban J connectivity index is 2.18. The zero-order chi connectivity index (χ0) is 9.68. The molecule has 4 nitrogen and oxygen atoms in total. The fourth-order valence-electron chi connectivity index (χ4n) is 0.750. The molecule has 0 bridgehead atoms. The first-order chi connectivity index (χ1) is 6.20. The summed E-state index contributed by atoms with van der Waals surface area (Å²) >= 11 is 1.48. The molecule has 1 atom stereocenters. The van der Waals surface area contributed by atoms with Crippen molar-refractivity contribution in [2.45, 2.75) is 11.8 Å². The molecule has 0 aliphatic heterocycles. The third kappa shape index (κ3) is 3.52. The molecule has 0 unspecified atom stereocenters. The van der Waals surface area contributed by atoms with Crippen molar-refractivity contribution >= 4 is 17.7 Å². The van der Waals surface area contributed by atoms with Gasteiger partial charge in [-0.2, -0.15) is 11.8 Å². The molecule has 5 heteroatoms. The normalized spacial score (nSPS) is 12.7. The van der Waals surface area contributed by atoms with E-state index in [1.807, 2.05) is 6.07 Å². The molecule has 0 spiro atoms. The highest BCUT2D eigenvalue weighted by Crippen LogP contribution is 2.12. The van der Waals surface area contributed by atoms with Gasteiger partial charge < -0.3 is 15.3 Å². The lowest BCUT2D eigenvalue weighted by molar-refractivity contribution is -0.137.